The molecule has 6 heteroatoms. The van der Waals surface area contributed by atoms with E-state index in [-0.39, 0.29) is 4.90 Å². The lowest BCUT2D eigenvalue weighted by molar-refractivity contribution is 0.491. The molecule has 2 N–H and O–H groups in total. The minimum atomic E-state index is -3.67. The lowest BCUT2D eigenvalue weighted by atomic mass is 10.1. The van der Waals surface area contributed by atoms with Crippen molar-refractivity contribution in [2.24, 2.45) is 11.8 Å². The maximum atomic E-state index is 13.3. The van der Waals surface area contributed by atoms with Gasteiger partial charge in [0.1, 0.15) is 5.82 Å². The van der Waals surface area contributed by atoms with Crippen LogP contribution in [0.1, 0.15) is 25.3 Å². The van der Waals surface area contributed by atoms with Gasteiger partial charge in [-0.25, -0.2) is 17.5 Å². The van der Waals surface area contributed by atoms with Gasteiger partial charge in [0.2, 0.25) is 10.0 Å². The molecule has 112 valence electrons. The maximum Gasteiger partial charge on any atom is 0.241 e. The van der Waals surface area contributed by atoms with Gasteiger partial charge in [-0.2, -0.15) is 0 Å². The Labute approximate surface area is 119 Å². The van der Waals surface area contributed by atoms with E-state index in [1.807, 2.05) is 6.92 Å². The molecule has 4 nitrogen and oxygen atoms in total. The zero-order valence-corrected chi connectivity index (χ0v) is 12.6. The van der Waals surface area contributed by atoms with E-state index < -0.39 is 15.8 Å². The van der Waals surface area contributed by atoms with Gasteiger partial charge >= 0.3 is 0 Å². The molecule has 2 rings (SSSR count). The van der Waals surface area contributed by atoms with Gasteiger partial charge in [0.15, 0.2) is 0 Å². The van der Waals surface area contributed by atoms with E-state index in [4.69, 9.17) is 0 Å². The van der Waals surface area contributed by atoms with Gasteiger partial charge in [0.25, 0.3) is 0 Å². The van der Waals surface area contributed by atoms with Crippen LogP contribution in [0.25, 0.3) is 0 Å². The molecule has 1 unspecified atom stereocenters. The average molecular weight is 300 g/mol. The number of rotatable bonds is 7. The zero-order chi connectivity index (χ0) is 14.8. The third-order valence-corrected chi connectivity index (χ3v) is 5.21. The Balaban J connectivity index is 2.16. The summed E-state index contributed by atoms with van der Waals surface area (Å²) in [5.41, 5.74) is 0.570. The van der Waals surface area contributed by atoms with Crippen LogP contribution in [-0.4, -0.2) is 22.0 Å². The van der Waals surface area contributed by atoms with Crippen LogP contribution in [0.4, 0.5) is 4.39 Å². The van der Waals surface area contributed by atoms with E-state index in [0.717, 1.165) is 6.07 Å². The second-order valence-corrected chi connectivity index (χ2v) is 7.18. The predicted octanol–water partition coefficient (Wildman–Crippen LogP) is 1.87. The third kappa shape index (κ3) is 3.77. The van der Waals surface area contributed by atoms with Gasteiger partial charge in [0, 0.05) is 13.1 Å². The molecule has 1 aliphatic carbocycles. The fourth-order valence-corrected chi connectivity index (χ4v) is 3.66. The Morgan fingerprint density at radius 3 is 2.70 bits per heavy atom. The SMILES string of the molecule is CNCc1ccc(F)cc1S(=O)(=O)NCC(C)C1CC1. The lowest BCUT2D eigenvalue weighted by Gasteiger charge is -2.14. The first-order valence-corrected chi connectivity index (χ1v) is 8.35. The minimum Gasteiger partial charge on any atom is -0.316 e. The number of halogens is 1. The molecular formula is C14H21FN2O2S. The van der Waals surface area contributed by atoms with E-state index in [1.54, 1.807) is 7.05 Å². The van der Waals surface area contributed by atoms with Crippen LogP contribution in [0.15, 0.2) is 23.1 Å². The van der Waals surface area contributed by atoms with Crippen molar-refractivity contribution in [1.29, 1.82) is 0 Å². The summed E-state index contributed by atoms with van der Waals surface area (Å²) in [7, 11) is -1.94. The molecule has 1 atom stereocenters. The second kappa shape index (κ2) is 6.20. The van der Waals surface area contributed by atoms with Crippen molar-refractivity contribution in [2.45, 2.75) is 31.2 Å². The van der Waals surface area contributed by atoms with Crippen LogP contribution >= 0.6 is 0 Å². The van der Waals surface area contributed by atoms with Crippen LogP contribution in [0.5, 0.6) is 0 Å². The van der Waals surface area contributed by atoms with Crippen molar-refractivity contribution in [3.05, 3.63) is 29.6 Å². The third-order valence-electron chi connectivity index (χ3n) is 3.71. The molecular weight excluding hydrogens is 279 g/mol. The Morgan fingerprint density at radius 2 is 2.10 bits per heavy atom. The molecule has 0 saturated heterocycles. The highest BCUT2D eigenvalue weighted by molar-refractivity contribution is 7.89. The summed E-state index contributed by atoms with van der Waals surface area (Å²) in [4.78, 5) is 0.0230. The maximum absolute atomic E-state index is 13.3. The topological polar surface area (TPSA) is 58.2 Å². The largest absolute Gasteiger partial charge is 0.316 e. The fourth-order valence-electron chi connectivity index (χ4n) is 2.27. The molecule has 0 spiro atoms. The van der Waals surface area contributed by atoms with Crippen LogP contribution in [0, 0.1) is 17.7 Å². The van der Waals surface area contributed by atoms with E-state index in [0.29, 0.717) is 30.5 Å². The Morgan fingerprint density at radius 1 is 1.40 bits per heavy atom. The molecule has 0 aromatic heterocycles. The monoisotopic (exact) mass is 300 g/mol. The molecule has 0 heterocycles. The fraction of sp³-hybridized carbons (Fsp3) is 0.571. The highest BCUT2D eigenvalue weighted by Crippen LogP contribution is 2.36. The van der Waals surface area contributed by atoms with Gasteiger partial charge in [-0.15, -0.1) is 0 Å². The molecule has 0 amide bonds. The van der Waals surface area contributed by atoms with Crippen LogP contribution in [0.2, 0.25) is 0 Å². The van der Waals surface area contributed by atoms with Gasteiger partial charge in [-0.05, 0) is 49.4 Å². The first-order chi connectivity index (χ1) is 9.44. The minimum absolute atomic E-state index is 0.0230. The number of hydrogen-bond donors (Lipinski definition) is 2. The summed E-state index contributed by atoms with van der Waals surface area (Å²) in [6.07, 6.45) is 2.35. The van der Waals surface area contributed by atoms with Gasteiger partial charge in [0.05, 0.1) is 4.90 Å². The zero-order valence-electron chi connectivity index (χ0n) is 11.8. The number of hydrogen-bond acceptors (Lipinski definition) is 3. The smallest absolute Gasteiger partial charge is 0.241 e. The Hall–Kier alpha value is -0.980. The van der Waals surface area contributed by atoms with Crippen molar-refractivity contribution < 1.29 is 12.8 Å². The van der Waals surface area contributed by atoms with Gasteiger partial charge < -0.3 is 5.32 Å². The molecule has 1 fully saturated rings. The van der Waals surface area contributed by atoms with Crippen LogP contribution in [0.3, 0.4) is 0 Å². The Bertz CT molecular complexity index is 571. The summed E-state index contributed by atoms with van der Waals surface area (Å²) in [5.74, 6) is 0.411. The van der Waals surface area contributed by atoms with Crippen molar-refractivity contribution in [3.63, 3.8) is 0 Å². The standard InChI is InChI=1S/C14H21FN2O2S/c1-10(11-3-4-11)8-17-20(18,19)14-7-13(15)6-5-12(14)9-16-2/h5-7,10-11,16-17H,3-4,8-9H2,1-2H3. The van der Waals surface area contributed by atoms with E-state index in [2.05, 4.69) is 10.0 Å². The van der Waals surface area contributed by atoms with Gasteiger partial charge in [-0.3, -0.25) is 0 Å². The van der Waals surface area contributed by atoms with Crippen molar-refractivity contribution in [3.8, 4) is 0 Å². The lowest BCUT2D eigenvalue weighted by Crippen LogP contribution is -2.30. The summed E-state index contributed by atoms with van der Waals surface area (Å²) >= 11 is 0. The summed E-state index contributed by atoms with van der Waals surface area (Å²) in [6, 6.07) is 3.86. The van der Waals surface area contributed by atoms with Gasteiger partial charge in [-0.1, -0.05) is 13.0 Å². The Kier molecular flexibility index (Phi) is 4.78. The van der Waals surface area contributed by atoms with Crippen molar-refractivity contribution in [2.75, 3.05) is 13.6 Å². The highest BCUT2D eigenvalue weighted by Gasteiger charge is 2.29. The highest BCUT2D eigenvalue weighted by atomic mass is 32.2. The molecule has 1 saturated carbocycles. The summed E-state index contributed by atoms with van der Waals surface area (Å²) < 4.78 is 40.6. The molecule has 1 aromatic rings. The molecule has 0 bridgehead atoms. The molecule has 1 aliphatic rings. The summed E-state index contributed by atoms with van der Waals surface area (Å²) in [6.45, 7) is 2.83. The van der Waals surface area contributed by atoms with Crippen LogP contribution < -0.4 is 10.0 Å². The van der Waals surface area contributed by atoms with Crippen molar-refractivity contribution >= 4 is 10.0 Å². The average Bonchev–Trinajstić information content (AvgIpc) is 3.23. The molecule has 1 aromatic carbocycles. The van der Waals surface area contributed by atoms with E-state index in [9.17, 15) is 12.8 Å². The molecule has 0 radical (unpaired) electrons. The number of benzene rings is 1. The quantitative estimate of drug-likeness (QED) is 0.808. The molecule has 20 heavy (non-hydrogen) atoms. The predicted molar refractivity (Wildman–Crippen MR) is 76.2 cm³/mol. The first-order valence-electron chi connectivity index (χ1n) is 6.86. The van der Waals surface area contributed by atoms with E-state index >= 15 is 0 Å². The molecule has 0 aliphatic heterocycles. The second-order valence-electron chi connectivity index (χ2n) is 5.45. The number of sulfonamides is 1. The van der Waals surface area contributed by atoms with Crippen LogP contribution in [-0.2, 0) is 16.6 Å². The van der Waals surface area contributed by atoms with Crippen molar-refractivity contribution in [1.82, 2.24) is 10.0 Å². The normalized spacial score (nSPS) is 17.1. The summed E-state index contributed by atoms with van der Waals surface area (Å²) in [5, 5.41) is 2.89. The first kappa shape index (κ1) is 15.4. The van der Waals surface area contributed by atoms with E-state index in [1.165, 1.54) is 25.0 Å². The number of nitrogens with one attached hydrogen (secondary N) is 2.